The Hall–Kier alpha value is -2.28. The number of aromatic hydroxyl groups is 1. The van der Waals surface area contributed by atoms with Gasteiger partial charge in [0, 0.05) is 35.2 Å². The molecule has 1 atom stereocenters. The average Bonchev–Trinajstić information content (AvgIpc) is 3.02. The van der Waals surface area contributed by atoms with E-state index in [0.717, 1.165) is 0 Å². The minimum absolute atomic E-state index is 0.00910. The molecule has 0 spiro atoms. The fourth-order valence-electron chi connectivity index (χ4n) is 2.69. The summed E-state index contributed by atoms with van der Waals surface area (Å²) in [5.74, 6) is -0.732. The monoisotopic (exact) mass is 380 g/mol. The number of benzene rings is 2. The highest BCUT2D eigenvalue weighted by Gasteiger charge is 2.32. The number of ketones is 1. The molecule has 0 radical (unpaired) electrons. The quantitative estimate of drug-likeness (QED) is 0.702. The van der Waals surface area contributed by atoms with Crippen LogP contribution in [0.5, 0.6) is 11.5 Å². The van der Waals surface area contributed by atoms with E-state index < -0.39 is 12.0 Å². The van der Waals surface area contributed by atoms with Gasteiger partial charge in [-0.25, -0.2) is 0 Å². The molecular weight excluding hydrogens is 367 g/mol. The van der Waals surface area contributed by atoms with E-state index in [1.165, 1.54) is 18.2 Å². The molecule has 0 fully saturated rings. The lowest BCUT2D eigenvalue weighted by Gasteiger charge is -2.11. The van der Waals surface area contributed by atoms with Gasteiger partial charge in [0.15, 0.2) is 11.9 Å². The largest absolute Gasteiger partial charge is 0.508 e. The zero-order chi connectivity index (χ0) is 18.3. The van der Waals surface area contributed by atoms with Crippen molar-refractivity contribution in [2.75, 3.05) is 0 Å². The maximum absolute atomic E-state index is 12.8. The van der Waals surface area contributed by atoms with Crippen LogP contribution in [0.25, 0.3) is 0 Å². The summed E-state index contributed by atoms with van der Waals surface area (Å²) in [7, 11) is 0. The number of phenols is 1. The maximum atomic E-state index is 12.8. The number of hydrogen-bond acceptors (Lipinski definition) is 5. The van der Waals surface area contributed by atoms with Gasteiger partial charge in [-0.3, -0.25) is 9.59 Å². The number of fused-ring (bicyclic) bond motifs is 1. The van der Waals surface area contributed by atoms with E-state index in [0.29, 0.717) is 16.7 Å². The number of carbonyl (C=O) groups excluding carboxylic acids is 2. The van der Waals surface area contributed by atoms with Crippen LogP contribution in [-0.4, -0.2) is 22.9 Å². The van der Waals surface area contributed by atoms with Crippen LogP contribution in [0.2, 0.25) is 10.0 Å². The molecule has 1 unspecified atom stereocenters. The van der Waals surface area contributed by atoms with Gasteiger partial charge in [-0.2, -0.15) is 0 Å². The van der Waals surface area contributed by atoms with E-state index in [-0.39, 0.29) is 45.9 Å². The molecule has 25 heavy (non-hydrogen) atoms. The molecule has 1 aliphatic rings. The van der Waals surface area contributed by atoms with E-state index in [9.17, 15) is 14.7 Å². The van der Waals surface area contributed by atoms with Gasteiger partial charge in [-0.05, 0) is 24.3 Å². The van der Waals surface area contributed by atoms with Gasteiger partial charge in [0.2, 0.25) is 0 Å². The summed E-state index contributed by atoms with van der Waals surface area (Å²) in [4.78, 5) is 24.1. The Morgan fingerprint density at radius 1 is 1.24 bits per heavy atom. The van der Waals surface area contributed by atoms with Crippen molar-refractivity contribution < 1.29 is 19.4 Å². The molecule has 6 nitrogen and oxygen atoms in total. The Morgan fingerprint density at radius 3 is 2.60 bits per heavy atom. The summed E-state index contributed by atoms with van der Waals surface area (Å²) < 4.78 is 5.42. The Labute approximate surface area is 153 Å². The van der Waals surface area contributed by atoms with E-state index in [1.54, 1.807) is 6.07 Å². The van der Waals surface area contributed by atoms with E-state index >= 15 is 0 Å². The Morgan fingerprint density at radius 2 is 1.96 bits per heavy atom. The zero-order valence-corrected chi connectivity index (χ0v) is 14.4. The Kier molecular flexibility index (Phi) is 4.60. The standard InChI is InChI=1S/C17H14Cl2N2O4/c18-13-10(15(23)7-1-2-11(22)9(3-7)6-20)4-8-5-12(17(21)24)25-16(8)14(13)19/h1-4,12,22H,5-6,20H2,(H2,21,24). The van der Waals surface area contributed by atoms with Crippen LogP contribution < -0.4 is 16.2 Å². The summed E-state index contributed by atoms with van der Waals surface area (Å²) in [5, 5.41) is 9.78. The van der Waals surface area contributed by atoms with Crippen LogP contribution in [0.15, 0.2) is 24.3 Å². The van der Waals surface area contributed by atoms with Gasteiger partial charge in [0.25, 0.3) is 5.91 Å². The maximum Gasteiger partial charge on any atom is 0.258 e. The topological polar surface area (TPSA) is 116 Å². The van der Waals surface area contributed by atoms with Crippen molar-refractivity contribution in [1.82, 2.24) is 0 Å². The minimum atomic E-state index is -0.841. The number of halogens is 2. The van der Waals surface area contributed by atoms with Gasteiger partial charge in [-0.1, -0.05) is 23.2 Å². The molecule has 0 aliphatic carbocycles. The summed E-state index contributed by atoms with van der Waals surface area (Å²) >= 11 is 12.4. The number of rotatable bonds is 4. The van der Waals surface area contributed by atoms with E-state index in [1.807, 2.05) is 0 Å². The zero-order valence-electron chi connectivity index (χ0n) is 12.9. The highest BCUT2D eigenvalue weighted by Crippen LogP contribution is 2.43. The van der Waals surface area contributed by atoms with E-state index in [4.69, 9.17) is 39.4 Å². The molecule has 1 aliphatic heterocycles. The second-order valence-corrected chi connectivity index (χ2v) is 6.39. The summed E-state index contributed by atoms with van der Waals surface area (Å²) in [6.07, 6.45) is -0.628. The molecule has 1 amide bonds. The predicted molar refractivity (Wildman–Crippen MR) is 93.2 cm³/mol. The first-order valence-corrected chi connectivity index (χ1v) is 8.12. The number of primary amides is 1. The SMILES string of the molecule is NCc1cc(C(=O)c2cc3c(c(Cl)c2Cl)OC(C(N)=O)C3)ccc1O. The summed E-state index contributed by atoms with van der Waals surface area (Å²) in [6.45, 7) is 0.0831. The first kappa shape index (κ1) is 17.5. The van der Waals surface area contributed by atoms with Crippen molar-refractivity contribution in [3.8, 4) is 11.5 Å². The molecular formula is C17H14Cl2N2O4. The number of phenolic OH excluding ortho intramolecular Hbond substituents is 1. The summed E-state index contributed by atoms with van der Waals surface area (Å²) in [6, 6.07) is 5.91. The molecule has 130 valence electrons. The molecule has 5 N–H and O–H groups in total. The molecule has 0 aromatic heterocycles. The van der Waals surface area contributed by atoms with Crippen LogP contribution in [0.4, 0.5) is 0 Å². The predicted octanol–water partition coefficient (Wildman–Crippen LogP) is 2.18. The molecule has 1 heterocycles. The molecule has 0 saturated carbocycles. The third-order valence-corrected chi connectivity index (χ3v) is 4.88. The van der Waals surface area contributed by atoms with Gasteiger partial charge in [0.05, 0.1) is 5.02 Å². The average molecular weight is 381 g/mol. The minimum Gasteiger partial charge on any atom is -0.508 e. The number of hydrogen-bond donors (Lipinski definition) is 3. The van der Waals surface area contributed by atoms with Crippen LogP contribution >= 0.6 is 23.2 Å². The second-order valence-electron chi connectivity index (χ2n) is 5.63. The van der Waals surface area contributed by atoms with Crippen molar-refractivity contribution in [2.24, 2.45) is 11.5 Å². The molecule has 0 bridgehead atoms. The number of carbonyl (C=O) groups is 2. The Bertz CT molecular complexity index is 899. The smallest absolute Gasteiger partial charge is 0.258 e. The second kappa shape index (κ2) is 6.55. The Balaban J connectivity index is 2.04. The summed E-state index contributed by atoms with van der Waals surface area (Å²) in [5.41, 5.74) is 12.3. The van der Waals surface area contributed by atoms with Crippen molar-refractivity contribution in [3.63, 3.8) is 0 Å². The molecule has 2 aromatic carbocycles. The third-order valence-electron chi connectivity index (χ3n) is 4.03. The fraction of sp³-hybridized carbons (Fsp3) is 0.176. The lowest BCUT2D eigenvalue weighted by molar-refractivity contribution is -0.123. The molecule has 2 aromatic rings. The van der Waals surface area contributed by atoms with Crippen molar-refractivity contribution >= 4 is 34.9 Å². The van der Waals surface area contributed by atoms with Crippen LogP contribution in [0.1, 0.15) is 27.0 Å². The van der Waals surface area contributed by atoms with Gasteiger partial charge >= 0.3 is 0 Å². The van der Waals surface area contributed by atoms with Crippen LogP contribution in [0.3, 0.4) is 0 Å². The van der Waals surface area contributed by atoms with Crippen molar-refractivity contribution in [1.29, 1.82) is 0 Å². The number of amides is 1. The van der Waals surface area contributed by atoms with Gasteiger partial charge in [0.1, 0.15) is 16.5 Å². The first-order chi connectivity index (χ1) is 11.8. The fourth-order valence-corrected chi connectivity index (χ4v) is 3.19. The van der Waals surface area contributed by atoms with Crippen LogP contribution in [-0.2, 0) is 17.8 Å². The number of nitrogens with two attached hydrogens (primary N) is 2. The van der Waals surface area contributed by atoms with Gasteiger partial charge in [-0.15, -0.1) is 0 Å². The number of ether oxygens (including phenoxy) is 1. The highest BCUT2D eigenvalue weighted by molar-refractivity contribution is 6.45. The van der Waals surface area contributed by atoms with E-state index in [2.05, 4.69) is 0 Å². The third kappa shape index (κ3) is 3.04. The lowest BCUT2D eigenvalue weighted by atomic mass is 9.98. The van der Waals surface area contributed by atoms with Crippen molar-refractivity contribution in [2.45, 2.75) is 19.1 Å². The lowest BCUT2D eigenvalue weighted by Crippen LogP contribution is -2.31. The van der Waals surface area contributed by atoms with Crippen molar-refractivity contribution in [3.05, 3.63) is 56.6 Å². The van der Waals surface area contributed by atoms with Gasteiger partial charge < -0.3 is 21.3 Å². The molecule has 8 heteroatoms. The molecule has 3 rings (SSSR count). The molecule has 0 saturated heterocycles. The van der Waals surface area contributed by atoms with Crippen LogP contribution in [0, 0.1) is 0 Å². The normalized spacial score (nSPS) is 15.6. The first-order valence-electron chi connectivity index (χ1n) is 7.37. The highest BCUT2D eigenvalue weighted by atomic mass is 35.5.